The van der Waals surface area contributed by atoms with Gasteiger partial charge in [0.05, 0.1) is 33.7 Å². The molecule has 2 atom stereocenters. The van der Waals surface area contributed by atoms with Crippen LogP contribution < -0.4 is 19.5 Å². The molecule has 0 aromatic heterocycles. The molecule has 1 aliphatic heterocycles. The van der Waals surface area contributed by atoms with Crippen LogP contribution in [-0.2, 0) is 20.7 Å². The van der Waals surface area contributed by atoms with E-state index in [1.165, 1.54) is 0 Å². The Balaban J connectivity index is 1.86. The number of nitrogens with zero attached hydrogens (tertiary/aromatic N) is 1. The van der Waals surface area contributed by atoms with E-state index in [1.807, 2.05) is 42.5 Å². The SMILES string of the molecule is COCCCNC(=O)[C@@H]1CN(C(=O)Cc2ccccc2)C[C@H]1c1cc(OC)c(OC)c(OC)c1. The normalized spacial score (nSPS) is 17.4. The fraction of sp³-hybridized carbons (Fsp3) is 0.462. The molecular weight excluding hydrogens is 436 g/mol. The highest BCUT2D eigenvalue weighted by Gasteiger charge is 2.41. The van der Waals surface area contributed by atoms with Gasteiger partial charge in [-0.25, -0.2) is 0 Å². The average molecular weight is 471 g/mol. The van der Waals surface area contributed by atoms with Crippen LogP contribution in [0.1, 0.15) is 23.5 Å². The van der Waals surface area contributed by atoms with E-state index in [9.17, 15) is 9.59 Å². The fourth-order valence-corrected chi connectivity index (χ4v) is 4.37. The van der Waals surface area contributed by atoms with E-state index >= 15 is 0 Å². The van der Waals surface area contributed by atoms with Crippen LogP contribution in [-0.4, -0.2) is 71.4 Å². The van der Waals surface area contributed by atoms with E-state index < -0.39 is 5.92 Å². The third-order valence-electron chi connectivity index (χ3n) is 6.15. The van der Waals surface area contributed by atoms with Gasteiger partial charge in [0.15, 0.2) is 11.5 Å². The lowest BCUT2D eigenvalue weighted by Crippen LogP contribution is -2.36. The summed E-state index contributed by atoms with van der Waals surface area (Å²) < 4.78 is 21.6. The fourth-order valence-electron chi connectivity index (χ4n) is 4.37. The number of rotatable bonds is 11. The van der Waals surface area contributed by atoms with Crippen LogP contribution in [0.15, 0.2) is 42.5 Å². The molecule has 2 aromatic rings. The number of ether oxygens (including phenoxy) is 4. The summed E-state index contributed by atoms with van der Waals surface area (Å²) in [5.74, 6) is 0.837. The quantitative estimate of drug-likeness (QED) is 0.508. The largest absolute Gasteiger partial charge is 0.493 e. The molecule has 0 spiro atoms. The van der Waals surface area contributed by atoms with E-state index in [-0.39, 0.29) is 17.7 Å². The zero-order valence-corrected chi connectivity index (χ0v) is 20.3. The number of carbonyl (C=O) groups is 2. The van der Waals surface area contributed by atoms with E-state index in [0.717, 1.165) is 17.5 Å². The molecule has 1 fully saturated rings. The van der Waals surface area contributed by atoms with E-state index in [1.54, 1.807) is 33.3 Å². The Hall–Kier alpha value is -3.26. The van der Waals surface area contributed by atoms with Crippen molar-refractivity contribution in [3.63, 3.8) is 0 Å². The van der Waals surface area contributed by atoms with Crippen molar-refractivity contribution in [2.75, 3.05) is 54.7 Å². The molecule has 1 N–H and O–H groups in total. The first kappa shape index (κ1) is 25.4. The minimum atomic E-state index is -0.398. The number of hydrogen-bond donors (Lipinski definition) is 1. The Kier molecular flexibility index (Phi) is 9.16. The minimum absolute atomic E-state index is 0.00155. The second-order valence-corrected chi connectivity index (χ2v) is 8.27. The Morgan fingerprint density at radius 3 is 2.24 bits per heavy atom. The van der Waals surface area contributed by atoms with E-state index in [4.69, 9.17) is 18.9 Å². The highest BCUT2D eigenvalue weighted by molar-refractivity contribution is 5.84. The van der Waals surface area contributed by atoms with E-state index in [0.29, 0.717) is 49.9 Å². The maximum atomic E-state index is 13.2. The van der Waals surface area contributed by atoms with Gasteiger partial charge in [-0.15, -0.1) is 0 Å². The lowest BCUT2D eigenvalue weighted by atomic mass is 9.88. The molecule has 8 nitrogen and oxygen atoms in total. The van der Waals surface area contributed by atoms with Gasteiger partial charge in [-0.1, -0.05) is 30.3 Å². The number of hydrogen-bond acceptors (Lipinski definition) is 6. The predicted molar refractivity (Wildman–Crippen MR) is 129 cm³/mol. The third kappa shape index (κ3) is 5.99. The second-order valence-electron chi connectivity index (χ2n) is 8.27. The molecular formula is C26H34N2O6. The Labute approximate surface area is 201 Å². The van der Waals surface area contributed by atoms with Gasteiger partial charge in [0.1, 0.15) is 0 Å². The summed E-state index contributed by atoms with van der Waals surface area (Å²) in [4.78, 5) is 28.1. The van der Waals surface area contributed by atoms with Crippen molar-refractivity contribution in [3.05, 3.63) is 53.6 Å². The van der Waals surface area contributed by atoms with Crippen molar-refractivity contribution < 1.29 is 28.5 Å². The summed E-state index contributed by atoms with van der Waals surface area (Å²) in [7, 11) is 6.31. The highest BCUT2D eigenvalue weighted by Crippen LogP contribution is 2.43. The van der Waals surface area contributed by atoms with Gasteiger partial charge in [-0.05, 0) is 29.7 Å². The minimum Gasteiger partial charge on any atom is -0.493 e. The number of methoxy groups -OCH3 is 4. The van der Waals surface area contributed by atoms with Crippen LogP contribution in [0, 0.1) is 5.92 Å². The summed E-state index contributed by atoms with van der Waals surface area (Å²) >= 11 is 0. The number of carbonyl (C=O) groups excluding carboxylic acids is 2. The van der Waals surface area contributed by atoms with Crippen molar-refractivity contribution in [2.45, 2.75) is 18.8 Å². The number of nitrogens with one attached hydrogen (secondary N) is 1. The molecule has 0 aliphatic carbocycles. The molecule has 0 bridgehead atoms. The first-order chi connectivity index (χ1) is 16.5. The average Bonchev–Trinajstić information content (AvgIpc) is 3.32. The predicted octanol–water partition coefficient (Wildman–Crippen LogP) is 2.65. The van der Waals surface area contributed by atoms with Gasteiger partial charge < -0.3 is 29.2 Å². The summed E-state index contributed by atoms with van der Waals surface area (Å²) in [6.45, 7) is 1.87. The van der Waals surface area contributed by atoms with Gasteiger partial charge in [0, 0.05) is 39.3 Å². The molecule has 1 saturated heterocycles. The summed E-state index contributed by atoms with van der Waals surface area (Å²) in [6.07, 6.45) is 1.02. The molecule has 0 saturated carbocycles. The van der Waals surface area contributed by atoms with Gasteiger partial charge in [-0.2, -0.15) is 0 Å². The zero-order valence-electron chi connectivity index (χ0n) is 20.3. The lowest BCUT2D eigenvalue weighted by Gasteiger charge is -2.21. The van der Waals surface area contributed by atoms with Gasteiger partial charge in [0.2, 0.25) is 17.6 Å². The number of benzene rings is 2. The molecule has 0 unspecified atom stereocenters. The molecule has 184 valence electrons. The number of amides is 2. The lowest BCUT2D eigenvalue weighted by molar-refractivity contribution is -0.130. The van der Waals surface area contributed by atoms with Crippen LogP contribution in [0.2, 0.25) is 0 Å². The molecule has 1 aliphatic rings. The zero-order chi connectivity index (χ0) is 24.5. The Morgan fingerprint density at radius 1 is 0.971 bits per heavy atom. The van der Waals surface area contributed by atoms with Gasteiger partial charge >= 0.3 is 0 Å². The highest BCUT2D eigenvalue weighted by atomic mass is 16.5. The molecule has 34 heavy (non-hydrogen) atoms. The van der Waals surface area contributed by atoms with Crippen molar-refractivity contribution in [2.24, 2.45) is 5.92 Å². The second kappa shape index (κ2) is 12.3. The van der Waals surface area contributed by atoms with Gasteiger partial charge in [0.25, 0.3) is 0 Å². The van der Waals surface area contributed by atoms with Crippen LogP contribution >= 0.6 is 0 Å². The van der Waals surface area contributed by atoms with Crippen molar-refractivity contribution >= 4 is 11.8 Å². The monoisotopic (exact) mass is 470 g/mol. The Morgan fingerprint density at radius 2 is 1.65 bits per heavy atom. The van der Waals surface area contributed by atoms with Crippen molar-refractivity contribution in [1.29, 1.82) is 0 Å². The Bertz CT molecular complexity index is 940. The maximum Gasteiger partial charge on any atom is 0.227 e. The van der Waals surface area contributed by atoms with Gasteiger partial charge in [-0.3, -0.25) is 9.59 Å². The van der Waals surface area contributed by atoms with E-state index in [2.05, 4.69) is 5.32 Å². The first-order valence-corrected chi connectivity index (χ1v) is 11.4. The van der Waals surface area contributed by atoms with Crippen molar-refractivity contribution in [1.82, 2.24) is 10.2 Å². The standard InChI is InChI=1S/C26H34N2O6/c1-31-12-8-11-27-26(30)21-17-28(24(29)13-18-9-6-5-7-10-18)16-20(21)19-14-22(32-2)25(34-4)23(15-19)33-3/h5-7,9-10,14-15,20-21H,8,11-13,16-17H2,1-4H3,(H,27,30)/t20-,21+/m0/s1. The summed E-state index contributed by atoms with van der Waals surface area (Å²) in [6, 6.07) is 13.4. The topological polar surface area (TPSA) is 86.3 Å². The van der Waals surface area contributed by atoms with Crippen molar-refractivity contribution in [3.8, 4) is 17.2 Å². The maximum absolute atomic E-state index is 13.2. The third-order valence-corrected chi connectivity index (χ3v) is 6.15. The van der Waals surface area contributed by atoms with Crippen LogP contribution in [0.3, 0.4) is 0 Å². The molecule has 3 rings (SSSR count). The summed E-state index contributed by atoms with van der Waals surface area (Å²) in [5.41, 5.74) is 1.81. The van der Waals surface area contributed by atoms with Crippen LogP contribution in [0.25, 0.3) is 0 Å². The molecule has 0 radical (unpaired) electrons. The summed E-state index contributed by atoms with van der Waals surface area (Å²) in [5, 5.41) is 3.00. The van der Waals surface area contributed by atoms with Crippen LogP contribution in [0.5, 0.6) is 17.2 Å². The smallest absolute Gasteiger partial charge is 0.227 e. The first-order valence-electron chi connectivity index (χ1n) is 11.4. The van der Waals surface area contributed by atoms with Crippen LogP contribution in [0.4, 0.5) is 0 Å². The molecule has 2 amide bonds. The molecule has 8 heteroatoms. The molecule has 1 heterocycles. The number of likely N-dealkylation sites (tertiary alicyclic amines) is 1. The molecule has 2 aromatic carbocycles.